The van der Waals surface area contributed by atoms with E-state index in [1.54, 1.807) is 19.1 Å². The largest absolute Gasteiger partial charge is 0.462 e. The lowest BCUT2D eigenvalue weighted by Crippen LogP contribution is -2.17. The fourth-order valence-corrected chi connectivity index (χ4v) is 2.38. The summed E-state index contributed by atoms with van der Waals surface area (Å²) in [7, 11) is 0. The number of hydrogen-bond acceptors (Lipinski definition) is 7. The third-order valence-electron chi connectivity index (χ3n) is 3.69. The molecule has 0 radical (unpaired) electrons. The molecule has 0 aliphatic heterocycles. The monoisotopic (exact) mass is 373 g/mol. The summed E-state index contributed by atoms with van der Waals surface area (Å²) in [5.74, 6) is -1.48. The van der Waals surface area contributed by atoms with Crippen LogP contribution in [-0.4, -0.2) is 28.3 Å². The summed E-state index contributed by atoms with van der Waals surface area (Å²) < 4.78 is 4.91. The Morgan fingerprint density at radius 1 is 1.07 bits per heavy atom. The van der Waals surface area contributed by atoms with Crippen LogP contribution in [0.4, 0.5) is 17.1 Å². The molecule has 0 atom stereocenters. The maximum absolute atomic E-state index is 12.6. The summed E-state index contributed by atoms with van der Waals surface area (Å²) in [6.07, 6.45) is 0. The number of ether oxygens (including phenoxy) is 1. The maximum Gasteiger partial charge on any atom is 0.340 e. The highest BCUT2D eigenvalue weighted by atomic mass is 16.6. The highest BCUT2D eigenvalue weighted by Gasteiger charge is 2.25. The van der Waals surface area contributed by atoms with Gasteiger partial charge in [0.05, 0.1) is 39.3 Å². The third-order valence-corrected chi connectivity index (χ3v) is 3.69. The average molecular weight is 373 g/mol. The molecule has 0 spiro atoms. The summed E-state index contributed by atoms with van der Waals surface area (Å²) in [6, 6.07) is 7.78. The SMILES string of the molecule is CCOC(=O)c1ccccc1NC(=O)c1cc([N+](=O)[O-])cc([N+](=O)[O-])c1C. The predicted molar refractivity (Wildman–Crippen MR) is 94.8 cm³/mol. The van der Waals surface area contributed by atoms with Gasteiger partial charge in [0.25, 0.3) is 17.3 Å². The summed E-state index contributed by atoms with van der Waals surface area (Å²) >= 11 is 0. The van der Waals surface area contributed by atoms with Crippen molar-refractivity contribution >= 4 is 28.9 Å². The van der Waals surface area contributed by atoms with E-state index < -0.39 is 33.1 Å². The number of benzene rings is 2. The molecule has 10 heteroatoms. The van der Waals surface area contributed by atoms with Gasteiger partial charge in [-0.1, -0.05) is 12.1 Å². The van der Waals surface area contributed by atoms with Crippen LogP contribution in [0.2, 0.25) is 0 Å². The van der Waals surface area contributed by atoms with Gasteiger partial charge in [0, 0.05) is 11.6 Å². The second-order valence-corrected chi connectivity index (χ2v) is 5.37. The fraction of sp³-hybridized carbons (Fsp3) is 0.176. The van der Waals surface area contributed by atoms with Crippen molar-refractivity contribution < 1.29 is 24.2 Å². The molecular formula is C17H15N3O7. The number of nitrogens with one attached hydrogen (secondary N) is 1. The molecule has 2 rings (SSSR count). The van der Waals surface area contributed by atoms with Crippen molar-refractivity contribution in [2.24, 2.45) is 0 Å². The van der Waals surface area contributed by atoms with Gasteiger partial charge in [-0.05, 0) is 26.0 Å². The van der Waals surface area contributed by atoms with Crippen molar-refractivity contribution in [2.45, 2.75) is 13.8 Å². The second-order valence-electron chi connectivity index (χ2n) is 5.37. The first kappa shape index (κ1) is 19.5. The van der Waals surface area contributed by atoms with E-state index in [1.807, 2.05) is 0 Å². The van der Waals surface area contributed by atoms with Gasteiger partial charge in [0.15, 0.2) is 0 Å². The van der Waals surface area contributed by atoms with E-state index in [2.05, 4.69) is 5.32 Å². The van der Waals surface area contributed by atoms with Crippen molar-refractivity contribution in [3.63, 3.8) is 0 Å². The van der Waals surface area contributed by atoms with Crippen molar-refractivity contribution in [3.05, 3.63) is 73.3 Å². The van der Waals surface area contributed by atoms with Crippen molar-refractivity contribution in [3.8, 4) is 0 Å². The van der Waals surface area contributed by atoms with Gasteiger partial charge in [0.2, 0.25) is 0 Å². The van der Waals surface area contributed by atoms with Crippen molar-refractivity contribution in [2.75, 3.05) is 11.9 Å². The van der Waals surface area contributed by atoms with E-state index in [0.717, 1.165) is 12.1 Å². The second kappa shape index (κ2) is 8.04. The number of anilines is 1. The highest BCUT2D eigenvalue weighted by molar-refractivity contribution is 6.09. The Bertz CT molecular complexity index is 940. The molecule has 0 aliphatic carbocycles. The lowest BCUT2D eigenvalue weighted by atomic mass is 10.0. The first-order chi connectivity index (χ1) is 12.8. The van der Waals surface area contributed by atoms with Gasteiger partial charge >= 0.3 is 5.97 Å². The smallest absolute Gasteiger partial charge is 0.340 e. The standard InChI is InChI=1S/C17H15N3O7/c1-3-27-17(22)12-6-4-5-7-14(12)18-16(21)13-8-11(19(23)24)9-15(10(13)2)20(25)26/h4-9H,3H2,1-2H3,(H,18,21). The molecule has 0 bridgehead atoms. The Balaban J connectivity index is 2.47. The normalized spacial score (nSPS) is 10.1. The minimum atomic E-state index is -0.824. The number of nitro benzene ring substituents is 2. The quantitative estimate of drug-likeness (QED) is 0.465. The first-order valence-electron chi connectivity index (χ1n) is 7.77. The fourth-order valence-electron chi connectivity index (χ4n) is 2.38. The van der Waals surface area contributed by atoms with Crippen molar-refractivity contribution in [1.29, 1.82) is 0 Å². The van der Waals surface area contributed by atoms with E-state index in [9.17, 15) is 29.8 Å². The number of carbonyl (C=O) groups excluding carboxylic acids is 2. The topological polar surface area (TPSA) is 142 Å². The predicted octanol–water partition coefficient (Wildman–Crippen LogP) is 3.24. The number of non-ortho nitro benzene ring substituents is 1. The van der Waals surface area contributed by atoms with Gasteiger partial charge in [-0.15, -0.1) is 0 Å². The molecule has 0 heterocycles. The third kappa shape index (κ3) is 4.24. The van der Waals surface area contributed by atoms with Crippen LogP contribution in [0.3, 0.4) is 0 Å². The zero-order valence-electron chi connectivity index (χ0n) is 14.4. The number of rotatable bonds is 6. The van der Waals surface area contributed by atoms with Crippen LogP contribution in [-0.2, 0) is 4.74 Å². The van der Waals surface area contributed by atoms with Crippen LogP contribution in [0.1, 0.15) is 33.2 Å². The number of amides is 1. The molecular weight excluding hydrogens is 358 g/mol. The van der Waals surface area contributed by atoms with Gasteiger partial charge in [-0.25, -0.2) is 4.79 Å². The molecule has 0 aliphatic rings. The van der Waals surface area contributed by atoms with Gasteiger partial charge in [0.1, 0.15) is 0 Å². The van der Waals surface area contributed by atoms with E-state index in [1.165, 1.54) is 19.1 Å². The number of carbonyl (C=O) groups is 2. The van der Waals surface area contributed by atoms with Crippen molar-refractivity contribution in [1.82, 2.24) is 0 Å². The van der Waals surface area contributed by atoms with Crippen LogP contribution in [0.25, 0.3) is 0 Å². The van der Waals surface area contributed by atoms with Crippen LogP contribution < -0.4 is 5.32 Å². The molecule has 0 unspecified atom stereocenters. The molecule has 1 amide bonds. The van der Waals surface area contributed by atoms with Crippen LogP contribution in [0.5, 0.6) is 0 Å². The molecule has 1 N–H and O–H groups in total. The van der Waals surface area contributed by atoms with E-state index >= 15 is 0 Å². The molecule has 0 saturated heterocycles. The number of nitrogens with zero attached hydrogens (tertiary/aromatic N) is 2. The van der Waals surface area contributed by atoms with Gasteiger partial charge in [-0.2, -0.15) is 0 Å². The Hall–Kier alpha value is -3.82. The maximum atomic E-state index is 12.6. The summed E-state index contributed by atoms with van der Waals surface area (Å²) in [5.41, 5.74) is -1.20. The number of esters is 1. The molecule has 10 nitrogen and oxygen atoms in total. The van der Waals surface area contributed by atoms with Gasteiger partial charge < -0.3 is 10.1 Å². The average Bonchev–Trinajstić information content (AvgIpc) is 2.61. The zero-order valence-corrected chi connectivity index (χ0v) is 14.4. The number of nitro groups is 2. The molecule has 0 saturated carbocycles. The summed E-state index contributed by atoms with van der Waals surface area (Å²) in [4.78, 5) is 45.1. The number of para-hydroxylation sites is 1. The molecule has 0 fully saturated rings. The molecule has 140 valence electrons. The molecule has 2 aromatic carbocycles. The molecule has 2 aromatic rings. The lowest BCUT2D eigenvalue weighted by Gasteiger charge is -2.11. The van der Waals surface area contributed by atoms with E-state index in [4.69, 9.17) is 4.74 Å². The lowest BCUT2D eigenvalue weighted by molar-refractivity contribution is -0.394. The minimum absolute atomic E-state index is 0.0308. The summed E-state index contributed by atoms with van der Waals surface area (Å²) in [6.45, 7) is 3.08. The van der Waals surface area contributed by atoms with E-state index in [0.29, 0.717) is 0 Å². The minimum Gasteiger partial charge on any atom is -0.462 e. The Kier molecular flexibility index (Phi) is 5.81. The first-order valence-corrected chi connectivity index (χ1v) is 7.77. The highest BCUT2D eigenvalue weighted by Crippen LogP contribution is 2.29. The molecule has 0 aromatic heterocycles. The Morgan fingerprint density at radius 3 is 2.33 bits per heavy atom. The van der Waals surface area contributed by atoms with Crippen LogP contribution >= 0.6 is 0 Å². The Morgan fingerprint density at radius 2 is 1.74 bits per heavy atom. The van der Waals surface area contributed by atoms with Gasteiger partial charge in [-0.3, -0.25) is 25.0 Å². The summed E-state index contributed by atoms with van der Waals surface area (Å²) in [5, 5.41) is 24.6. The molecule has 27 heavy (non-hydrogen) atoms. The zero-order chi connectivity index (χ0) is 20.1. The van der Waals surface area contributed by atoms with Crippen LogP contribution in [0.15, 0.2) is 36.4 Å². The number of hydrogen-bond donors (Lipinski definition) is 1. The van der Waals surface area contributed by atoms with E-state index in [-0.39, 0.29) is 29.0 Å². The van der Waals surface area contributed by atoms with Crippen LogP contribution in [0, 0.1) is 27.2 Å². The Labute approximate surface area is 153 Å².